The van der Waals surface area contributed by atoms with Gasteiger partial charge in [-0.05, 0) is 38.5 Å². The fourth-order valence-electron chi connectivity index (χ4n) is 7.16. The lowest BCUT2D eigenvalue weighted by molar-refractivity contribution is -0.233. The average Bonchev–Trinajstić information content (AvgIpc) is 3.46. The zero-order chi connectivity index (χ0) is 33.2. The lowest BCUT2D eigenvalue weighted by Crippen LogP contribution is -2.69. The number of aliphatic hydroxyl groups is 1. The van der Waals surface area contributed by atoms with E-state index in [-0.39, 0.29) is 5.57 Å². The molecule has 0 amide bonds. The van der Waals surface area contributed by atoms with Crippen LogP contribution in [0.5, 0.6) is 0 Å². The van der Waals surface area contributed by atoms with Crippen molar-refractivity contribution in [2.45, 2.75) is 116 Å². The van der Waals surface area contributed by atoms with Crippen LogP contribution in [0.25, 0.3) is 0 Å². The van der Waals surface area contributed by atoms with Crippen molar-refractivity contribution >= 4 is 35.8 Å². The molecule has 2 aliphatic carbocycles. The third-order valence-electron chi connectivity index (χ3n) is 8.90. The summed E-state index contributed by atoms with van der Waals surface area (Å²) in [6.07, 6.45) is -4.30. The minimum absolute atomic E-state index is 0.230. The molecule has 2 fully saturated rings. The molecule has 4 rings (SSSR count). The second-order valence-electron chi connectivity index (χ2n) is 12.3. The molecular weight excluding hydrogens is 584 g/mol. The number of rotatable bonds is 5. The van der Waals surface area contributed by atoms with Gasteiger partial charge in [0.1, 0.15) is 17.8 Å². The summed E-state index contributed by atoms with van der Waals surface area (Å²) in [5, 5.41) is 12.3. The summed E-state index contributed by atoms with van der Waals surface area (Å²) >= 11 is 0. The van der Waals surface area contributed by atoms with Crippen LogP contribution in [0.4, 0.5) is 0 Å². The van der Waals surface area contributed by atoms with Gasteiger partial charge in [0.15, 0.2) is 35.6 Å². The Bertz CT molecular complexity index is 1350. The van der Waals surface area contributed by atoms with Crippen LogP contribution in [0.3, 0.4) is 0 Å². The second-order valence-corrected chi connectivity index (χ2v) is 12.3. The smallest absolute Gasteiger partial charge is 0.342 e. The maximum Gasteiger partial charge on any atom is 0.342 e. The van der Waals surface area contributed by atoms with Crippen molar-refractivity contribution in [3.63, 3.8) is 0 Å². The number of esters is 6. The molecule has 2 aliphatic heterocycles. The normalized spacial score (nSPS) is 42.2. The SMILES string of the molecule is CC(=O)OC1C(C)=CC2OC(=O)C3(C)OC23C(OC(C)=O)C2C(C)(O)C(OC(C)=O)C=CC2(C)C(OC(C)=O)C1OC(C)=O. The number of epoxide rings is 1. The maximum atomic E-state index is 13.2. The minimum atomic E-state index is -2.12. The number of ether oxygens (including phenoxy) is 7. The van der Waals surface area contributed by atoms with E-state index >= 15 is 0 Å². The third kappa shape index (κ3) is 5.17. The Morgan fingerprint density at radius 1 is 0.795 bits per heavy atom. The maximum absolute atomic E-state index is 13.2. The van der Waals surface area contributed by atoms with Crippen LogP contribution in [0.2, 0.25) is 0 Å². The minimum Gasteiger partial charge on any atom is -0.459 e. The summed E-state index contributed by atoms with van der Waals surface area (Å²) in [6.45, 7) is 11.5. The quantitative estimate of drug-likeness (QED) is 0.198. The summed E-state index contributed by atoms with van der Waals surface area (Å²) in [6, 6.07) is 0. The van der Waals surface area contributed by atoms with E-state index < -0.39 is 101 Å². The lowest BCUT2D eigenvalue weighted by atomic mass is 9.55. The predicted molar refractivity (Wildman–Crippen MR) is 145 cm³/mol. The highest BCUT2D eigenvalue weighted by Crippen LogP contribution is 2.65. The van der Waals surface area contributed by atoms with Gasteiger partial charge in [0.25, 0.3) is 0 Å². The fourth-order valence-corrected chi connectivity index (χ4v) is 7.16. The van der Waals surface area contributed by atoms with Gasteiger partial charge in [-0.15, -0.1) is 0 Å². The van der Waals surface area contributed by atoms with Crippen LogP contribution in [0.15, 0.2) is 23.8 Å². The fraction of sp³-hybridized carbons (Fsp3) is 0.667. The molecule has 0 saturated carbocycles. The van der Waals surface area contributed by atoms with E-state index in [4.69, 9.17) is 33.2 Å². The van der Waals surface area contributed by atoms with E-state index in [2.05, 4.69) is 0 Å². The van der Waals surface area contributed by atoms with E-state index in [1.807, 2.05) is 0 Å². The molecule has 11 unspecified atom stereocenters. The van der Waals surface area contributed by atoms with Crippen LogP contribution in [0.1, 0.15) is 62.3 Å². The van der Waals surface area contributed by atoms with Crippen molar-refractivity contribution in [1.29, 1.82) is 0 Å². The predicted octanol–water partition coefficient (Wildman–Crippen LogP) is 1.00. The van der Waals surface area contributed by atoms with Gasteiger partial charge in [0.2, 0.25) is 0 Å². The summed E-state index contributed by atoms with van der Waals surface area (Å²) < 4.78 is 40.4. The largest absolute Gasteiger partial charge is 0.459 e. The van der Waals surface area contributed by atoms with Gasteiger partial charge in [-0.3, -0.25) is 24.0 Å². The first-order valence-corrected chi connectivity index (χ1v) is 14.1. The van der Waals surface area contributed by atoms with E-state index in [0.717, 1.165) is 34.6 Å². The van der Waals surface area contributed by atoms with Crippen LogP contribution in [-0.2, 0) is 61.9 Å². The Morgan fingerprint density at radius 3 is 1.82 bits per heavy atom. The van der Waals surface area contributed by atoms with Crippen molar-refractivity contribution < 1.29 is 67.0 Å². The molecule has 44 heavy (non-hydrogen) atoms. The van der Waals surface area contributed by atoms with Crippen LogP contribution in [-0.4, -0.2) is 94.3 Å². The van der Waals surface area contributed by atoms with E-state index in [0.29, 0.717) is 0 Å². The van der Waals surface area contributed by atoms with Crippen molar-refractivity contribution in [2.24, 2.45) is 11.3 Å². The van der Waals surface area contributed by atoms with E-state index in [1.54, 1.807) is 6.92 Å². The number of hydrogen-bond donors (Lipinski definition) is 1. The Labute approximate surface area is 253 Å². The van der Waals surface area contributed by atoms with Gasteiger partial charge in [0, 0.05) is 46.0 Å². The Kier molecular flexibility index (Phi) is 8.27. The first kappa shape index (κ1) is 33.1. The van der Waals surface area contributed by atoms with Gasteiger partial charge in [-0.25, -0.2) is 4.79 Å². The van der Waals surface area contributed by atoms with E-state index in [9.17, 15) is 33.9 Å². The van der Waals surface area contributed by atoms with Crippen molar-refractivity contribution in [3.8, 4) is 0 Å². The summed E-state index contributed by atoms with van der Waals surface area (Å²) in [4.78, 5) is 75.7. The number of fused-ring (bicyclic) bond motifs is 1. The third-order valence-corrected chi connectivity index (χ3v) is 8.90. The molecule has 4 aliphatic rings. The highest BCUT2D eigenvalue weighted by Gasteiger charge is 2.88. The van der Waals surface area contributed by atoms with Gasteiger partial charge < -0.3 is 38.3 Å². The van der Waals surface area contributed by atoms with Crippen molar-refractivity contribution in [1.82, 2.24) is 0 Å². The summed E-state index contributed by atoms with van der Waals surface area (Å²) in [5.74, 6) is -6.17. The molecular formula is C30H38O14. The molecule has 0 aromatic carbocycles. The standard InChI is InChI=1S/C30H38O14/c1-13-12-20-30(29(9,44-30)26(36)43-20)25(42-18(6)35)23-27(7,11-10-19(28(23,8)37)38-14(2)31)24(41-17(5)34)22(40-16(4)33)21(13)39-15(3)32/h10-12,19-25,37H,1-9H3. The van der Waals surface area contributed by atoms with Crippen LogP contribution >= 0.6 is 0 Å². The van der Waals surface area contributed by atoms with E-state index in [1.165, 1.54) is 39.0 Å². The summed E-state index contributed by atoms with van der Waals surface area (Å²) in [7, 11) is 0. The Balaban J connectivity index is 2.14. The van der Waals surface area contributed by atoms with Crippen LogP contribution in [0, 0.1) is 11.3 Å². The summed E-state index contributed by atoms with van der Waals surface area (Å²) in [5.41, 5.74) is -6.96. The van der Waals surface area contributed by atoms with Crippen molar-refractivity contribution in [2.75, 3.05) is 0 Å². The molecule has 1 N–H and O–H groups in total. The molecule has 0 aromatic heterocycles. The Hall–Kier alpha value is -3.78. The number of hydrogen-bond acceptors (Lipinski definition) is 14. The highest BCUT2D eigenvalue weighted by atomic mass is 16.7. The first-order chi connectivity index (χ1) is 20.2. The van der Waals surface area contributed by atoms with Gasteiger partial charge in [0.05, 0.1) is 0 Å². The highest BCUT2D eigenvalue weighted by molar-refractivity contribution is 5.89. The lowest BCUT2D eigenvalue weighted by Gasteiger charge is -2.56. The van der Waals surface area contributed by atoms with Gasteiger partial charge >= 0.3 is 35.8 Å². The number of carbonyl (C=O) groups is 6. The first-order valence-electron chi connectivity index (χ1n) is 14.1. The molecule has 11 atom stereocenters. The molecule has 242 valence electrons. The van der Waals surface area contributed by atoms with Gasteiger partial charge in [-0.1, -0.05) is 13.0 Å². The zero-order valence-electron chi connectivity index (χ0n) is 26.0. The molecule has 14 heteroatoms. The topological polar surface area (TPSA) is 191 Å². The molecule has 0 aromatic rings. The van der Waals surface area contributed by atoms with Crippen LogP contribution < -0.4 is 0 Å². The monoisotopic (exact) mass is 622 g/mol. The van der Waals surface area contributed by atoms with Crippen molar-refractivity contribution in [3.05, 3.63) is 23.8 Å². The zero-order valence-corrected chi connectivity index (χ0v) is 26.0. The molecule has 0 radical (unpaired) electrons. The molecule has 14 nitrogen and oxygen atoms in total. The number of carbonyl (C=O) groups excluding carboxylic acids is 6. The molecule has 2 heterocycles. The van der Waals surface area contributed by atoms with Gasteiger partial charge in [-0.2, -0.15) is 0 Å². The second kappa shape index (κ2) is 11.0. The molecule has 2 saturated heterocycles. The molecule has 0 bridgehead atoms. The molecule has 1 spiro atoms. The average molecular weight is 623 g/mol. The Morgan fingerprint density at radius 2 is 1.32 bits per heavy atom.